The lowest BCUT2D eigenvalue weighted by molar-refractivity contribution is 0.322. The molecule has 142 valence electrons. The van der Waals surface area contributed by atoms with E-state index >= 15 is 0 Å². The maximum atomic E-state index is 5.28. The van der Waals surface area contributed by atoms with E-state index in [-0.39, 0.29) is 0 Å². The Bertz CT molecular complexity index is 526. The van der Waals surface area contributed by atoms with E-state index in [1.54, 1.807) is 0 Å². The maximum Gasteiger partial charge on any atom is 0.191 e. The monoisotopic (exact) mass is 348 g/mol. The number of aryl methyl sites for hydroxylation is 2. The summed E-state index contributed by atoms with van der Waals surface area (Å²) in [5.41, 5.74) is 2.18. The molecule has 2 N–H and O–H groups in total. The highest BCUT2D eigenvalue weighted by atomic mass is 16.5. The lowest BCUT2D eigenvalue weighted by Crippen LogP contribution is -2.43. The van der Waals surface area contributed by atoms with Gasteiger partial charge in [-0.25, -0.2) is 0 Å². The molecule has 2 unspecified atom stereocenters. The van der Waals surface area contributed by atoms with Gasteiger partial charge in [0.25, 0.3) is 0 Å². The molecule has 1 aromatic heterocycles. The third kappa shape index (κ3) is 6.05. The predicted octanol–water partition coefficient (Wildman–Crippen LogP) is 4.31. The molecule has 2 rings (SSSR count). The van der Waals surface area contributed by atoms with Crippen molar-refractivity contribution in [3.8, 4) is 0 Å². The average Bonchev–Trinajstić information content (AvgIpc) is 2.96. The summed E-state index contributed by atoms with van der Waals surface area (Å²) < 4.78 is 5.28. The van der Waals surface area contributed by atoms with Crippen LogP contribution in [-0.4, -0.2) is 30.8 Å². The van der Waals surface area contributed by atoms with Crippen LogP contribution in [0, 0.1) is 19.8 Å². The Morgan fingerprint density at radius 2 is 1.96 bits per heavy atom. The van der Waals surface area contributed by atoms with Crippen LogP contribution in [0.2, 0.25) is 0 Å². The molecule has 0 aliphatic heterocycles. The number of aliphatic imine (C=N–C) groups is 1. The fourth-order valence-electron chi connectivity index (χ4n) is 4.01. The number of guanidine groups is 1. The molecule has 0 spiro atoms. The van der Waals surface area contributed by atoms with Gasteiger partial charge in [-0.05, 0) is 39.5 Å². The molecule has 0 bridgehead atoms. The molecule has 0 aromatic carbocycles. The largest absolute Gasteiger partial charge is 0.361 e. The molecule has 1 saturated carbocycles. The Balaban J connectivity index is 1.74. The molecule has 25 heavy (non-hydrogen) atoms. The van der Waals surface area contributed by atoms with Crippen molar-refractivity contribution in [1.82, 2.24) is 15.8 Å². The Morgan fingerprint density at radius 1 is 1.24 bits per heavy atom. The van der Waals surface area contributed by atoms with Gasteiger partial charge in [-0.1, -0.05) is 44.2 Å². The van der Waals surface area contributed by atoms with Crippen molar-refractivity contribution in [2.75, 3.05) is 13.6 Å². The molecule has 0 saturated heterocycles. The van der Waals surface area contributed by atoms with Gasteiger partial charge in [0.2, 0.25) is 0 Å². The fraction of sp³-hybridized carbons (Fsp3) is 0.800. The zero-order valence-corrected chi connectivity index (χ0v) is 16.7. The van der Waals surface area contributed by atoms with Crippen molar-refractivity contribution < 1.29 is 4.52 Å². The number of aromatic nitrogens is 1. The van der Waals surface area contributed by atoms with Crippen molar-refractivity contribution >= 4 is 5.96 Å². The van der Waals surface area contributed by atoms with E-state index in [1.807, 2.05) is 20.9 Å². The van der Waals surface area contributed by atoms with Crippen LogP contribution >= 0.6 is 0 Å². The van der Waals surface area contributed by atoms with Gasteiger partial charge in [-0.3, -0.25) is 4.99 Å². The quantitative estimate of drug-likeness (QED) is 0.569. The van der Waals surface area contributed by atoms with Gasteiger partial charge in [0.1, 0.15) is 5.76 Å². The molecule has 5 nitrogen and oxygen atoms in total. The van der Waals surface area contributed by atoms with Gasteiger partial charge in [-0.2, -0.15) is 0 Å². The summed E-state index contributed by atoms with van der Waals surface area (Å²) in [7, 11) is 1.84. The third-order valence-electron chi connectivity index (χ3n) is 5.50. The first-order valence-electron chi connectivity index (χ1n) is 9.91. The van der Waals surface area contributed by atoms with Crippen LogP contribution in [0.15, 0.2) is 9.52 Å². The van der Waals surface area contributed by atoms with E-state index in [9.17, 15) is 0 Å². The first-order chi connectivity index (χ1) is 12.0. The Labute approximate surface area is 153 Å². The van der Waals surface area contributed by atoms with Gasteiger partial charge in [-0.15, -0.1) is 0 Å². The second-order valence-electron chi connectivity index (χ2n) is 7.72. The van der Waals surface area contributed by atoms with Crippen molar-refractivity contribution in [3.63, 3.8) is 0 Å². The summed E-state index contributed by atoms with van der Waals surface area (Å²) in [6.07, 6.45) is 9.68. The topological polar surface area (TPSA) is 62.5 Å². The van der Waals surface area contributed by atoms with E-state index in [4.69, 9.17) is 4.52 Å². The summed E-state index contributed by atoms with van der Waals surface area (Å²) in [5.74, 6) is 3.07. The third-order valence-corrected chi connectivity index (χ3v) is 5.50. The highest BCUT2D eigenvalue weighted by Crippen LogP contribution is 2.27. The predicted molar refractivity (Wildman–Crippen MR) is 104 cm³/mol. The minimum atomic E-state index is 0.336. The van der Waals surface area contributed by atoms with E-state index in [1.165, 1.54) is 50.5 Å². The maximum absolute atomic E-state index is 5.28. The van der Waals surface area contributed by atoms with E-state index in [0.29, 0.717) is 12.0 Å². The van der Waals surface area contributed by atoms with Crippen LogP contribution in [0.1, 0.15) is 81.7 Å². The lowest BCUT2D eigenvalue weighted by atomic mass is 9.85. The molecule has 1 heterocycles. The molecule has 0 amide bonds. The molecule has 1 aliphatic carbocycles. The minimum Gasteiger partial charge on any atom is -0.361 e. The highest BCUT2D eigenvalue weighted by molar-refractivity contribution is 5.79. The highest BCUT2D eigenvalue weighted by Gasteiger charge is 2.18. The molecular formula is C20H36N4O. The summed E-state index contributed by atoms with van der Waals surface area (Å²) in [5, 5.41) is 11.0. The van der Waals surface area contributed by atoms with Crippen LogP contribution in [0.5, 0.6) is 0 Å². The standard InChI is InChI=1S/C20H36N4O/c1-14(19-16(3)24-25-17(19)4)13-22-20(21-5)23-15(2)11-12-18-9-7-6-8-10-18/h14-15,18H,6-13H2,1-5H3,(H2,21,22,23). The minimum absolute atomic E-state index is 0.336. The van der Waals surface area contributed by atoms with E-state index in [0.717, 1.165) is 29.9 Å². The van der Waals surface area contributed by atoms with Gasteiger partial charge in [0, 0.05) is 31.1 Å². The summed E-state index contributed by atoms with van der Waals surface area (Å²) in [6, 6.07) is 0.447. The molecular weight excluding hydrogens is 312 g/mol. The number of hydrogen-bond acceptors (Lipinski definition) is 3. The van der Waals surface area contributed by atoms with Crippen LogP contribution < -0.4 is 10.6 Å². The average molecular weight is 349 g/mol. The first-order valence-corrected chi connectivity index (χ1v) is 9.91. The number of rotatable bonds is 7. The van der Waals surface area contributed by atoms with Gasteiger partial charge in [0.15, 0.2) is 5.96 Å². The Kier molecular flexibility index (Phi) is 7.79. The van der Waals surface area contributed by atoms with Crippen LogP contribution in [0.3, 0.4) is 0 Å². The number of hydrogen-bond donors (Lipinski definition) is 2. The van der Waals surface area contributed by atoms with Crippen LogP contribution in [-0.2, 0) is 0 Å². The zero-order chi connectivity index (χ0) is 18.2. The molecule has 0 radical (unpaired) electrons. The van der Waals surface area contributed by atoms with Gasteiger partial charge in [0.05, 0.1) is 5.69 Å². The smallest absolute Gasteiger partial charge is 0.191 e. The normalized spacial score (nSPS) is 18.8. The van der Waals surface area contributed by atoms with Crippen LogP contribution in [0.4, 0.5) is 0 Å². The van der Waals surface area contributed by atoms with Gasteiger partial charge >= 0.3 is 0 Å². The van der Waals surface area contributed by atoms with Crippen molar-refractivity contribution in [1.29, 1.82) is 0 Å². The van der Waals surface area contributed by atoms with Crippen molar-refractivity contribution in [2.24, 2.45) is 10.9 Å². The summed E-state index contributed by atoms with van der Waals surface area (Å²) in [4.78, 5) is 4.38. The molecule has 2 atom stereocenters. The SMILES string of the molecule is CN=C(NCC(C)c1c(C)noc1C)NC(C)CCC1CCCCC1. The second kappa shape index (κ2) is 9.83. The number of nitrogens with one attached hydrogen (secondary N) is 2. The van der Waals surface area contributed by atoms with Crippen molar-refractivity contribution in [3.05, 3.63) is 17.0 Å². The Hall–Kier alpha value is -1.52. The molecule has 1 aliphatic rings. The summed E-state index contributed by atoms with van der Waals surface area (Å²) >= 11 is 0. The molecule has 1 aromatic rings. The van der Waals surface area contributed by atoms with Crippen LogP contribution in [0.25, 0.3) is 0 Å². The fourth-order valence-corrected chi connectivity index (χ4v) is 4.01. The second-order valence-corrected chi connectivity index (χ2v) is 7.72. The van der Waals surface area contributed by atoms with E-state index in [2.05, 4.69) is 34.6 Å². The van der Waals surface area contributed by atoms with Crippen molar-refractivity contribution in [2.45, 2.75) is 84.6 Å². The summed E-state index contributed by atoms with van der Waals surface area (Å²) in [6.45, 7) is 9.25. The lowest BCUT2D eigenvalue weighted by Gasteiger charge is -2.24. The zero-order valence-electron chi connectivity index (χ0n) is 16.7. The molecule has 1 fully saturated rings. The Morgan fingerprint density at radius 3 is 2.56 bits per heavy atom. The van der Waals surface area contributed by atoms with Gasteiger partial charge < -0.3 is 15.2 Å². The molecule has 5 heteroatoms. The first kappa shape index (κ1) is 19.8. The number of nitrogens with zero attached hydrogens (tertiary/aromatic N) is 2. The van der Waals surface area contributed by atoms with E-state index < -0.39 is 0 Å².